The number of nitrogens with zero attached hydrogens (tertiary/aromatic N) is 1. The normalized spacial score (nSPS) is 18.7. The summed E-state index contributed by atoms with van der Waals surface area (Å²) in [6.07, 6.45) is 4.50. The molecular formula is C12H16N2O2S2. The summed E-state index contributed by atoms with van der Waals surface area (Å²) < 4.78 is 27.0. The van der Waals surface area contributed by atoms with Gasteiger partial charge < -0.3 is 0 Å². The van der Waals surface area contributed by atoms with E-state index in [2.05, 4.69) is 11.6 Å². The molecule has 1 saturated carbocycles. The van der Waals surface area contributed by atoms with Gasteiger partial charge in [-0.05, 0) is 30.4 Å². The molecule has 0 unspecified atom stereocenters. The Kier molecular flexibility index (Phi) is 3.76. The quantitative estimate of drug-likeness (QED) is 0.923. The molecule has 4 nitrogen and oxygen atoms in total. The third-order valence-electron chi connectivity index (χ3n) is 3.46. The first-order valence-corrected chi connectivity index (χ1v) is 8.25. The fourth-order valence-electron chi connectivity index (χ4n) is 2.27. The number of nitrogens with one attached hydrogen (secondary N) is 1. The van der Waals surface area contributed by atoms with Crippen LogP contribution in [0.25, 0.3) is 0 Å². The minimum atomic E-state index is -3.46. The van der Waals surface area contributed by atoms with Crippen molar-refractivity contribution in [1.29, 1.82) is 5.26 Å². The SMILES string of the molecule is CC1(CNS(=O)(=O)c2ccc(C#N)s2)CCCC1. The summed E-state index contributed by atoms with van der Waals surface area (Å²) in [6, 6.07) is 4.98. The van der Waals surface area contributed by atoms with Crippen molar-refractivity contribution in [3.05, 3.63) is 17.0 Å². The van der Waals surface area contributed by atoms with Crippen LogP contribution in [0.4, 0.5) is 0 Å². The second-order valence-corrected chi connectivity index (χ2v) is 8.15. The summed E-state index contributed by atoms with van der Waals surface area (Å²) in [7, 11) is -3.46. The maximum atomic E-state index is 12.1. The Labute approximate surface area is 112 Å². The second kappa shape index (κ2) is 5.00. The van der Waals surface area contributed by atoms with E-state index in [9.17, 15) is 8.42 Å². The van der Waals surface area contributed by atoms with Gasteiger partial charge in [-0.15, -0.1) is 11.3 Å². The van der Waals surface area contributed by atoms with Gasteiger partial charge in [0.1, 0.15) is 15.2 Å². The average molecular weight is 284 g/mol. The van der Waals surface area contributed by atoms with Gasteiger partial charge in [0.2, 0.25) is 10.0 Å². The van der Waals surface area contributed by atoms with Gasteiger partial charge in [0.05, 0.1) is 0 Å². The van der Waals surface area contributed by atoms with E-state index >= 15 is 0 Å². The molecule has 0 bridgehead atoms. The molecule has 0 spiro atoms. The summed E-state index contributed by atoms with van der Waals surface area (Å²) >= 11 is 1.01. The molecule has 1 aliphatic carbocycles. The molecule has 2 rings (SSSR count). The fourth-order valence-corrected chi connectivity index (χ4v) is 4.62. The number of nitriles is 1. The number of hydrogen-bond donors (Lipinski definition) is 1. The highest BCUT2D eigenvalue weighted by Gasteiger charge is 2.30. The van der Waals surface area contributed by atoms with Gasteiger partial charge >= 0.3 is 0 Å². The molecule has 0 saturated heterocycles. The summed E-state index contributed by atoms with van der Waals surface area (Å²) in [4.78, 5) is 0.419. The Bertz CT molecular complexity index is 563. The predicted molar refractivity (Wildman–Crippen MR) is 70.8 cm³/mol. The zero-order valence-corrected chi connectivity index (χ0v) is 11.9. The lowest BCUT2D eigenvalue weighted by atomic mass is 9.89. The van der Waals surface area contributed by atoms with Crippen LogP contribution in [0.1, 0.15) is 37.5 Å². The van der Waals surface area contributed by atoms with Gasteiger partial charge in [-0.3, -0.25) is 0 Å². The average Bonchev–Trinajstić information content (AvgIpc) is 2.96. The highest BCUT2D eigenvalue weighted by molar-refractivity contribution is 7.91. The van der Waals surface area contributed by atoms with Gasteiger partial charge in [0.25, 0.3) is 0 Å². The van der Waals surface area contributed by atoms with Crippen molar-refractivity contribution in [3.63, 3.8) is 0 Å². The Balaban J connectivity index is 2.06. The lowest BCUT2D eigenvalue weighted by Gasteiger charge is -2.23. The molecule has 0 amide bonds. The van der Waals surface area contributed by atoms with E-state index < -0.39 is 10.0 Å². The number of hydrogen-bond acceptors (Lipinski definition) is 4. The Morgan fingerprint density at radius 2 is 2.11 bits per heavy atom. The molecule has 1 aromatic rings. The molecule has 1 aliphatic rings. The maximum Gasteiger partial charge on any atom is 0.250 e. The van der Waals surface area contributed by atoms with Gasteiger partial charge in [0, 0.05) is 6.54 Å². The van der Waals surface area contributed by atoms with Gasteiger partial charge in [-0.25, -0.2) is 13.1 Å². The van der Waals surface area contributed by atoms with Crippen molar-refractivity contribution in [3.8, 4) is 6.07 Å². The van der Waals surface area contributed by atoms with Gasteiger partial charge in [-0.1, -0.05) is 19.8 Å². The van der Waals surface area contributed by atoms with Crippen molar-refractivity contribution >= 4 is 21.4 Å². The largest absolute Gasteiger partial charge is 0.250 e. The van der Waals surface area contributed by atoms with E-state index in [1.165, 1.54) is 25.0 Å². The van der Waals surface area contributed by atoms with Crippen LogP contribution in [-0.2, 0) is 10.0 Å². The van der Waals surface area contributed by atoms with Gasteiger partial charge in [0.15, 0.2) is 0 Å². The minimum absolute atomic E-state index is 0.0857. The zero-order valence-electron chi connectivity index (χ0n) is 10.3. The number of rotatable bonds is 4. The molecule has 0 aromatic carbocycles. The molecule has 1 fully saturated rings. The molecule has 0 atom stereocenters. The van der Waals surface area contributed by atoms with Crippen LogP contribution >= 0.6 is 11.3 Å². The van der Waals surface area contributed by atoms with Crippen LogP contribution < -0.4 is 4.72 Å². The molecule has 1 aromatic heterocycles. The topological polar surface area (TPSA) is 70.0 Å². The lowest BCUT2D eigenvalue weighted by molar-refractivity contribution is 0.336. The Morgan fingerprint density at radius 1 is 1.44 bits per heavy atom. The van der Waals surface area contributed by atoms with Crippen molar-refractivity contribution < 1.29 is 8.42 Å². The third-order valence-corrected chi connectivity index (χ3v) is 6.34. The molecule has 1 heterocycles. The molecule has 0 radical (unpaired) electrons. The van der Waals surface area contributed by atoms with E-state index in [0.29, 0.717) is 11.4 Å². The first-order valence-electron chi connectivity index (χ1n) is 5.95. The standard InChI is InChI=1S/C12H16N2O2S2/c1-12(6-2-3-7-12)9-14-18(15,16)11-5-4-10(8-13)17-11/h4-5,14H,2-3,6-7,9H2,1H3. The summed E-state index contributed by atoms with van der Waals surface area (Å²) in [5, 5.41) is 8.71. The first-order chi connectivity index (χ1) is 8.45. The number of thiophene rings is 1. The van der Waals surface area contributed by atoms with Crippen LogP contribution in [-0.4, -0.2) is 15.0 Å². The molecule has 6 heteroatoms. The Morgan fingerprint density at radius 3 is 2.67 bits per heavy atom. The van der Waals surface area contributed by atoms with Crippen LogP contribution in [0, 0.1) is 16.7 Å². The van der Waals surface area contributed by atoms with E-state index in [0.717, 1.165) is 24.2 Å². The lowest BCUT2D eigenvalue weighted by Crippen LogP contribution is -2.33. The van der Waals surface area contributed by atoms with E-state index in [-0.39, 0.29) is 9.62 Å². The first kappa shape index (κ1) is 13.5. The van der Waals surface area contributed by atoms with Crippen LogP contribution in [0.2, 0.25) is 0 Å². The van der Waals surface area contributed by atoms with Crippen molar-refractivity contribution in [2.24, 2.45) is 5.41 Å². The molecule has 0 aliphatic heterocycles. The zero-order chi connectivity index (χ0) is 13.2. The highest BCUT2D eigenvalue weighted by Crippen LogP contribution is 2.37. The predicted octanol–water partition coefficient (Wildman–Crippen LogP) is 2.48. The molecule has 1 N–H and O–H groups in total. The fraction of sp³-hybridized carbons (Fsp3) is 0.583. The van der Waals surface area contributed by atoms with Gasteiger partial charge in [-0.2, -0.15) is 5.26 Å². The van der Waals surface area contributed by atoms with Crippen LogP contribution in [0.15, 0.2) is 16.3 Å². The summed E-state index contributed by atoms with van der Waals surface area (Å²) in [5.41, 5.74) is 0.0857. The van der Waals surface area contributed by atoms with Crippen LogP contribution in [0.3, 0.4) is 0 Å². The van der Waals surface area contributed by atoms with E-state index in [1.54, 1.807) is 0 Å². The smallest absolute Gasteiger partial charge is 0.210 e. The van der Waals surface area contributed by atoms with Crippen LogP contribution in [0.5, 0.6) is 0 Å². The molecular weight excluding hydrogens is 268 g/mol. The summed E-state index contributed by atoms with van der Waals surface area (Å²) in [5.74, 6) is 0. The minimum Gasteiger partial charge on any atom is -0.210 e. The third kappa shape index (κ3) is 2.91. The van der Waals surface area contributed by atoms with E-state index in [1.807, 2.05) is 6.07 Å². The van der Waals surface area contributed by atoms with Crippen molar-refractivity contribution in [2.75, 3.05) is 6.54 Å². The highest BCUT2D eigenvalue weighted by atomic mass is 32.2. The Hall–Kier alpha value is -0.900. The van der Waals surface area contributed by atoms with Crippen molar-refractivity contribution in [1.82, 2.24) is 4.72 Å². The number of sulfonamides is 1. The molecule has 98 valence electrons. The molecule has 18 heavy (non-hydrogen) atoms. The maximum absolute atomic E-state index is 12.1. The van der Waals surface area contributed by atoms with Crippen molar-refractivity contribution in [2.45, 2.75) is 36.8 Å². The summed E-state index contributed by atoms with van der Waals surface area (Å²) in [6.45, 7) is 2.60. The second-order valence-electron chi connectivity index (χ2n) is 5.07. The van der Waals surface area contributed by atoms with E-state index in [4.69, 9.17) is 5.26 Å². The monoisotopic (exact) mass is 284 g/mol.